The number of rotatable bonds is 6. The van der Waals surface area contributed by atoms with Gasteiger partial charge in [0.1, 0.15) is 4.90 Å². The lowest BCUT2D eigenvalue weighted by Gasteiger charge is -2.13. The molecule has 10 heteroatoms. The number of halogens is 1. The molecule has 0 heterocycles. The van der Waals surface area contributed by atoms with E-state index in [1.807, 2.05) is 13.0 Å². The van der Waals surface area contributed by atoms with Crippen molar-refractivity contribution in [2.24, 2.45) is 0 Å². The molecule has 8 nitrogen and oxygen atoms in total. The van der Waals surface area contributed by atoms with Crippen molar-refractivity contribution in [3.05, 3.63) is 92.5 Å². The number of aryl methyl sites for hydroxylation is 2. The van der Waals surface area contributed by atoms with Crippen molar-refractivity contribution in [1.29, 1.82) is 0 Å². The number of nitro benzene ring substituents is 1. The molecule has 2 N–H and O–H groups in total. The Morgan fingerprint density at radius 2 is 1.77 bits per heavy atom. The zero-order chi connectivity index (χ0) is 22.8. The van der Waals surface area contributed by atoms with E-state index < -0.39 is 20.9 Å². The van der Waals surface area contributed by atoms with Crippen LogP contribution in [0.25, 0.3) is 0 Å². The molecule has 3 aromatic carbocycles. The molecule has 3 aromatic rings. The molecular formula is C21H18ClN3O5S. The topological polar surface area (TPSA) is 118 Å². The van der Waals surface area contributed by atoms with Gasteiger partial charge in [-0.3, -0.25) is 19.6 Å². The highest BCUT2D eigenvalue weighted by atomic mass is 35.5. The van der Waals surface area contributed by atoms with E-state index in [9.17, 15) is 23.3 Å². The molecule has 0 atom stereocenters. The van der Waals surface area contributed by atoms with E-state index >= 15 is 0 Å². The van der Waals surface area contributed by atoms with Crippen LogP contribution in [0.3, 0.4) is 0 Å². The number of nitrogens with one attached hydrogen (secondary N) is 2. The first-order valence-electron chi connectivity index (χ1n) is 9.02. The Kier molecular flexibility index (Phi) is 6.28. The second-order valence-corrected chi connectivity index (χ2v) is 8.89. The minimum atomic E-state index is -4.08. The third-order valence-corrected chi connectivity index (χ3v) is 6.27. The van der Waals surface area contributed by atoms with Crippen molar-refractivity contribution in [2.45, 2.75) is 18.7 Å². The van der Waals surface area contributed by atoms with Gasteiger partial charge in [0.05, 0.1) is 15.6 Å². The number of sulfonamides is 1. The summed E-state index contributed by atoms with van der Waals surface area (Å²) in [6.07, 6.45) is 0. The van der Waals surface area contributed by atoms with Gasteiger partial charge in [0, 0.05) is 23.4 Å². The number of non-ortho nitro benzene ring substituents is 1. The van der Waals surface area contributed by atoms with Gasteiger partial charge < -0.3 is 5.32 Å². The summed E-state index contributed by atoms with van der Waals surface area (Å²) in [5, 5.41) is 13.4. The lowest BCUT2D eigenvalue weighted by molar-refractivity contribution is -0.384. The van der Waals surface area contributed by atoms with Crippen LogP contribution < -0.4 is 10.0 Å². The van der Waals surface area contributed by atoms with Gasteiger partial charge in [-0.05, 0) is 49.7 Å². The second-order valence-electron chi connectivity index (χ2n) is 6.83. The van der Waals surface area contributed by atoms with Crippen molar-refractivity contribution in [3.8, 4) is 0 Å². The third kappa shape index (κ3) is 5.19. The van der Waals surface area contributed by atoms with E-state index in [0.717, 1.165) is 17.2 Å². The van der Waals surface area contributed by atoms with Crippen molar-refractivity contribution in [2.75, 3.05) is 10.0 Å². The zero-order valence-electron chi connectivity index (χ0n) is 16.5. The van der Waals surface area contributed by atoms with E-state index in [1.54, 1.807) is 19.1 Å². The molecule has 0 aliphatic carbocycles. The van der Waals surface area contributed by atoms with Gasteiger partial charge in [-0.15, -0.1) is 0 Å². The van der Waals surface area contributed by atoms with Crippen LogP contribution in [0.5, 0.6) is 0 Å². The predicted molar refractivity (Wildman–Crippen MR) is 119 cm³/mol. The molecule has 0 aliphatic rings. The highest BCUT2D eigenvalue weighted by Gasteiger charge is 2.21. The van der Waals surface area contributed by atoms with Gasteiger partial charge >= 0.3 is 0 Å². The fourth-order valence-corrected chi connectivity index (χ4v) is 4.54. The first kappa shape index (κ1) is 22.3. The summed E-state index contributed by atoms with van der Waals surface area (Å²) in [4.78, 5) is 22.6. The summed E-state index contributed by atoms with van der Waals surface area (Å²) in [6, 6.07) is 14.5. The average molecular weight is 460 g/mol. The molecule has 0 unspecified atom stereocenters. The minimum Gasteiger partial charge on any atom is -0.322 e. The van der Waals surface area contributed by atoms with E-state index in [0.29, 0.717) is 5.69 Å². The number of hydrogen-bond acceptors (Lipinski definition) is 5. The van der Waals surface area contributed by atoms with Gasteiger partial charge in [0.25, 0.3) is 21.6 Å². The molecular weight excluding hydrogens is 442 g/mol. The maximum atomic E-state index is 12.9. The Morgan fingerprint density at radius 1 is 1.03 bits per heavy atom. The highest BCUT2D eigenvalue weighted by molar-refractivity contribution is 7.92. The lowest BCUT2D eigenvalue weighted by Crippen LogP contribution is -2.17. The first-order valence-corrected chi connectivity index (χ1v) is 10.9. The number of nitrogens with zero attached hydrogens (tertiary/aromatic N) is 1. The number of carbonyl (C=O) groups excluding carboxylic acids is 1. The van der Waals surface area contributed by atoms with Crippen LogP contribution in [0.15, 0.2) is 65.6 Å². The van der Waals surface area contributed by atoms with E-state index in [-0.39, 0.29) is 26.9 Å². The molecule has 0 saturated heterocycles. The molecule has 0 aromatic heterocycles. The van der Waals surface area contributed by atoms with Crippen molar-refractivity contribution < 1.29 is 18.1 Å². The number of hydrogen-bond donors (Lipinski definition) is 2. The van der Waals surface area contributed by atoms with Crippen molar-refractivity contribution >= 4 is 44.6 Å². The number of amides is 1. The summed E-state index contributed by atoms with van der Waals surface area (Å²) in [5.41, 5.74) is 2.16. The zero-order valence-corrected chi connectivity index (χ0v) is 18.1. The summed E-state index contributed by atoms with van der Waals surface area (Å²) >= 11 is 6.11. The molecule has 0 aliphatic heterocycles. The maximum absolute atomic E-state index is 12.9. The van der Waals surface area contributed by atoms with Gasteiger partial charge in [0.2, 0.25) is 0 Å². The molecule has 3 rings (SSSR count). The van der Waals surface area contributed by atoms with Gasteiger partial charge in [-0.2, -0.15) is 0 Å². The van der Waals surface area contributed by atoms with Crippen molar-refractivity contribution in [3.63, 3.8) is 0 Å². The molecule has 0 spiro atoms. The first-order chi connectivity index (χ1) is 14.6. The fourth-order valence-electron chi connectivity index (χ4n) is 2.88. The van der Waals surface area contributed by atoms with Gasteiger partial charge in [-0.1, -0.05) is 35.4 Å². The fraction of sp³-hybridized carbons (Fsp3) is 0.0952. The minimum absolute atomic E-state index is 0.0249. The van der Waals surface area contributed by atoms with Crippen LogP contribution in [0.2, 0.25) is 5.02 Å². The van der Waals surface area contributed by atoms with Crippen LogP contribution in [0.4, 0.5) is 17.1 Å². The second kappa shape index (κ2) is 8.75. The lowest BCUT2D eigenvalue weighted by atomic mass is 10.1. The van der Waals surface area contributed by atoms with E-state index in [4.69, 9.17) is 11.6 Å². The van der Waals surface area contributed by atoms with Gasteiger partial charge in [0.15, 0.2) is 0 Å². The molecule has 0 bridgehead atoms. The van der Waals surface area contributed by atoms with Gasteiger partial charge in [-0.25, -0.2) is 8.42 Å². The largest absolute Gasteiger partial charge is 0.322 e. The number of anilines is 2. The monoisotopic (exact) mass is 459 g/mol. The number of benzene rings is 3. The number of carbonyl (C=O) groups is 1. The summed E-state index contributed by atoms with van der Waals surface area (Å²) in [6.45, 7) is 3.67. The summed E-state index contributed by atoms with van der Waals surface area (Å²) < 4.78 is 28.3. The van der Waals surface area contributed by atoms with Crippen LogP contribution in [0, 0.1) is 24.0 Å². The third-order valence-electron chi connectivity index (χ3n) is 4.42. The predicted octanol–water partition coefficient (Wildman–Crippen LogP) is 4.92. The summed E-state index contributed by atoms with van der Waals surface area (Å²) in [5.74, 6) is -0.639. The smallest absolute Gasteiger partial charge is 0.271 e. The Hall–Kier alpha value is -3.43. The quantitative estimate of drug-likeness (QED) is 0.400. The number of nitro groups is 1. The van der Waals surface area contributed by atoms with Crippen molar-refractivity contribution in [1.82, 2.24) is 0 Å². The Morgan fingerprint density at radius 3 is 2.45 bits per heavy atom. The summed E-state index contributed by atoms with van der Waals surface area (Å²) in [7, 11) is -4.08. The Balaban J connectivity index is 1.89. The molecule has 0 radical (unpaired) electrons. The van der Waals surface area contributed by atoms with Crippen LogP contribution in [-0.2, 0) is 10.0 Å². The standard InChI is InChI=1S/C21H18ClN3O5S/c1-13-6-9-19(14(2)10-13)24-31(29,30)20-11-15(7-8-18(20)22)21(26)23-16-4-3-5-17(12-16)25(27)28/h3-12,24H,1-2H3,(H,23,26). The van der Waals surface area contributed by atoms with E-state index in [1.165, 1.54) is 36.4 Å². The molecule has 0 saturated carbocycles. The highest BCUT2D eigenvalue weighted by Crippen LogP contribution is 2.27. The van der Waals surface area contributed by atoms with Crippen LogP contribution in [0.1, 0.15) is 21.5 Å². The molecule has 31 heavy (non-hydrogen) atoms. The Labute approximate surface area is 184 Å². The maximum Gasteiger partial charge on any atom is 0.271 e. The molecule has 160 valence electrons. The SMILES string of the molecule is Cc1ccc(NS(=O)(=O)c2cc(C(=O)Nc3cccc([N+](=O)[O-])c3)ccc2Cl)c(C)c1. The van der Waals surface area contributed by atoms with Crippen LogP contribution in [-0.4, -0.2) is 19.2 Å². The van der Waals surface area contributed by atoms with E-state index in [2.05, 4.69) is 10.0 Å². The molecule has 1 amide bonds. The molecule has 0 fully saturated rings. The van der Waals surface area contributed by atoms with Crippen LogP contribution >= 0.6 is 11.6 Å². The average Bonchev–Trinajstić information content (AvgIpc) is 2.70. The Bertz CT molecular complexity index is 1290. The normalized spacial score (nSPS) is 11.1.